The van der Waals surface area contributed by atoms with Crippen molar-refractivity contribution in [1.29, 1.82) is 0 Å². The van der Waals surface area contributed by atoms with E-state index in [0.29, 0.717) is 31.5 Å². The molecule has 0 aromatic heterocycles. The fraction of sp³-hybridized carbons (Fsp3) is 1.00. The van der Waals surface area contributed by atoms with Crippen molar-refractivity contribution in [3.05, 3.63) is 0 Å². The lowest BCUT2D eigenvalue weighted by Gasteiger charge is -2.38. The maximum Gasteiger partial charge on any atom is 0.214 e. The van der Waals surface area contributed by atoms with Crippen LogP contribution in [0.4, 0.5) is 0 Å². The van der Waals surface area contributed by atoms with E-state index in [1.165, 1.54) is 0 Å². The largest absolute Gasteiger partial charge is 0.314 e. The molecule has 1 N–H and O–H groups in total. The van der Waals surface area contributed by atoms with E-state index in [4.69, 9.17) is 0 Å². The van der Waals surface area contributed by atoms with Crippen LogP contribution in [0.2, 0.25) is 0 Å². The van der Waals surface area contributed by atoms with Gasteiger partial charge in [0.1, 0.15) is 0 Å². The van der Waals surface area contributed by atoms with Gasteiger partial charge in [-0.1, -0.05) is 27.2 Å². The van der Waals surface area contributed by atoms with Crippen LogP contribution in [0.5, 0.6) is 0 Å². The summed E-state index contributed by atoms with van der Waals surface area (Å²) in [5.74, 6) is 0.744. The predicted molar refractivity (Wildman–Crippen MR) is 76.1 cm³/mol. The van der Waals surface area contributed by atoms with Crippen LogP contribution in [0.1, 0.15) is 46.5 Å². The Balaban J connectivity index is 2.60. The SMILES string of the molecule is CCCNC1CCN(S(=O)(=O)CCC)CC1CC. The molecule has 18 heavy (non-hydrogen) atoms. The predicted octanol–water partition coefficient (Wildman–Crippen LogP) is 1.83. The molecule has 1 saturated heterocycles. The van der Waals surface area contributed by atoms with Gasteiger partial charge in [-0.15, -0.1) is 0 Å². The highest BCUT2D eigenvalue weighted by Gasteiger charge is 2.32. The highest BCUT2D eigenvalue weighted by Crippen LogP contribution is 2.22. The Hall–Kier alpha value is -0.130. The van der Waals surface area contributed by atoms with Gasteiger partial charge in [-0.3, -0.25) is 0 Å². The molecule has 0 bridgehead atoms. The van der Waals surface area contributed by atoms with E-state index in [9.17, 15) is 8.42 Å². The average molecular weight is 276 g/mol. The molecular weight excluding hydrogens is 248 g/mol. The van der Waals surface area contributed by atoms with Gasteiger partial charge in [0, 0.05) is 19.1 Å². The van der Waals surface area contributed by atoms with Gasteiger partial charge in [0.15, 0.2) is 0 Å². The molecule has 0 aromatic rings. The lowest BCUT2D eigenvalue weighted by atomic mass is 9.91. The number of hydrogen-bond acceptors (Lipinski definition) is 3. The molecule has 1 rings (SSSR count). The third-order valence-electron chi connectivity index (χ3n) is 3.73. The fourth-order valence-corrected chi connectivity index (χ4v) is 4.23. The van der Waals surface area contributed by atoms with E-state index in [-0.39, 0.29) is 5.75 Å². The first-order chi connectivity index (χ1) is 8.55. The van der Waals surface area contributed by atoms with Crippen LogP contribution in [0.3, 0.4) is 0 Å². The molecule has 0 spiro atoms. The van der Waals surface area contributed by atoms with Crippen molar-refractivity contribution in [3.8, 4) is 0 Å². The second-order valence-corrected chi connectivity index (χ2v) is 7.28. The summed E-state index contributed by atoms with van der Waals surface area (Å²) in [7, 11) is -3.01. The summed E-state index contributed by atoms with van der Waals surface area (Å²) in [6, 6.07) is 0.489. The zero-order valence-corrected chi connectivity index (χ0v) is 12.8. The summed E-state index contributed by atoms with van der Waals surface area (Å²) in [5, 5.41) is 3.55. The van der Waals surface area contributed by atoms with E-state index in [0.717, 1.165) is 25.8 Å². The minimum absolute atomic E-state index is 0.288. The summed E-state index contributed by atoms with van der Waals surface area (Å²) in [6.07, 6.45) is 3.82. The van der Waals surface area contributed by atoms with Gasteiger partial charge in [0.25, 0.3) is 0 Å². The Morgan fingerprint density at radius 2 is 1.94 bits per heavy atom. The zero-order valence-electron chi connectivity index (χ0n) is 12.0. The van der Waals surface area contributed by atoms with Crippen LogP contribution in [0, 0.1) is 5.92 Å². The Labute approximate surface area is 112 Å². The van der Waals surface area contributed by atoms with Crippen LogP contribution < -0.4 is 5.32 Å². The Kier molecular flexibility index (Phi) is 6.60. The molecule has 0 radical (unpaired) electrons. The summed E-state index contributed by atoms with van der Waals surface area (Å²) in [5.41, 5.74) is 0. The normalized spacial score (nSPS) is 26.4. The zero-order chi connectivity index (χ0) is 13.6. The molecule has 2 atom stereocenters. The van der Waals surface area contributed by atoms with Crippen LogP contribution in [0.15, 0.2) is 0 Å². The number of sulfonamides is 1. The smallest absolute Gasteiger partial charge is 0.214 e. The average Bonchev–Trinajstić information content (AvgIpc) is 2.36. The summed E-state index contributed by atoms with van der Waals surface area (Å²) in [4.78, 5) is 0. The monoisotopic (exact) mass is 276 g/mol. The first-order valence-electron chi connectivity index (χ1n) is 7.26. The van der Waals surface area contributed by atoms with Crippen molar-refractivity contribution in [2.75, 3.05) is 25.4 Å². The van der Waals surface area contributed by atoms with Gasteiger partial charge in [-0.05, 0) is 31.7 Å². The van der Waals surface area contributed by atoms with E-state index in [2.05, 4.69) is 19.2 Å². The molecule has 1 heterocycles. The van der Waals surface area contributed by atoms with Gasteiger partial charge >= 0.3 is 0 Å². The van der Waals surface area contributed by atoms with E-state index in [1.54, 1.807) is 4.31 Å². The van der Waals surface area contributed by atoms with Crippen LogP contribution in [0.25, 0.3) is 0 Å². The van der Waals surface area contributed by atoms with Gasteiger partial charge in [-0.25, -0.2) is 12.7 Å². The molecule has 1 fully saturated rings. The van der Waals surface area contributed by atoms with Crippen LogP contribution in [-0.4, -0.2) is 44.2 Å². The topological polar surface area (TPSA) is 49.4 Å². The molecule has 2 unspecified atom stereocenters. The van der Waals surface area contributed by atoms with Crippen molar-refractivity contribution in [2.45, 2.75) is 52.5 Å². The first-order valence-corrected chi connectivity index (χ1v) is 8.87. The second kappa shape index (κ2) is 7.46. The fourth-order valence-electron chi connectivity index (χ4n) is 2.65. The molecule has 0 amide bonds. The summed E-state index contributed by atoms with van der Waals surface area (Å²) < 4.78 is 25.8. The minimum Gasteiger partial charge on any atom is -0.314 e. The molecule has 108 valence electrons. The van der Waals surface area contributed by atoms with E-state index >= 15 is 0 Å². The number of rotatable bonds is 7. The molecular formula is C13H28N2O2S. The van der Waals surface area contributed by atoms with E-state index < -0.39 is 10.0 Å². The van der Waals surface area contributed by atoms with Crippen LogP contribution in [-0.2, 0) is 10.0 Å². The standard InChI is InChI=1S/C13H28N2O2S/c1-4-8-14-13-7-9-15(11-12(13)6-3)18(16,17)10-5-2/h12-14H,4-11H2,1-3H3. The van der Waals surface area contributed by atoms with E-state index in [1.807, 2.05) is 6.92 Å². The quantitative estimate of drug-likeness (QED) is 0.772. The van der Waals surface area contributed by atoms with Crippen molar-refractivity contribution >= 4 is 10.0 Å². The lowest BCUT2D eigenvalue weighted by Crippen LogP contribution is -2.51. The second-order valence-electron chi connectivity index (χ2n) is 5.19. The number of piperidine rings is 1. The maximum absolute atomic E-state index is 12.1. The summed E-state index contributed by atoms with van der Waals surface area (Å²) in [6.45, 7) is 8.64. The number of nitrogens with zero attached hydrogens (tertiary/aromatic N) is 1. The third-order valence-corrected chi connectivity index (χ3v) is 5.78. The lowest BCUT2D eigenvalue weighted by molar-refractivity contribution is 0.202. The third kappa shape index (κ3) is 4.21. The maximum atomic E-state index is 12.1. The van der Waals surface area contributed by atoms with Crippen molar-refractivity contribution < 1.29 is 8.42 Å². The van der Waals surface area contributed by atoms with Gasteiger partial charge in [-0.2, -0.15) is 0 Å². The Morgan fingerprint density at radius 3 is 2.50 bits per heavy atom. The first kappa shape index (κ1) is 15.9. The molecule has 0 saturated carbocycles. The molecule has 1 aliphatic rings. The number of nitrogens with one attached hydrogen (secondary N) is 1. The minimum atomic E-state index is -3.01. The van der Waals surface area contributed by atoms with Crippen molar-refractivity contribution in [3.63, 3.8) is 0 Å². The molecule has 1 aliphatic heterocycles. The molecule has 5 heteroatoms. The Bertz CT molecular complexity index is 330. The van der Waals surface area contributed by atoms with Crippen LogP contribution >= 0.6 is 0 Å². The number of hydrogen-bond donors (Lipinski definition) is 1. The van der Waals surface area contributed by atoms with Gasteiger partial charge in [0.05, 0.1) is 5.75 Å². The molecule has 0 aromatic carbocycles. The van der Waals surface area contributed by atoms with Crippen molar-refractivity contribution in [1.82, 2.24) is 9.62 Å². The Morgan fingerprint density at radius 1 is 1.22 bits per heavy atom. The summed E-state index contributed by atoms with van der Waals surface area (Å²) >= 11 is 0. The highest BCUT2D eigenvalue weighted by atomic mass is 32.2. The van der Waals surface area contributed by atoms with Crippen molar-refractivity contribution in [2.24, 2.45) is 5.92 Å². The molecule has 4 nitrogen and oxygen atoms in total. The van der Waals surface area contributed by atoms with Gasteiger partial charge < -0.3 is 5.32 Å². The van der Waals surface area contributed by atoms with Gasteiger partial charge in [0.2, 0.25) is 10.0 Å². The molecule has 0 aliphatic carbocycles. The highest BCUT2D eigenvalue weighted by molar-refractivity contribution is 7.89.